The van der Waals surface area contributed by atoms with Gasteiger partial charge in [-0.1, -0.05) is 0 Å². The highest BCUT2D eigenvalue weighted by atomic mass is 32.1. The van der Waals surface area contributed by atoms with Gasteiger partial charge in [-0.2, -0.15) is 0 Å². The van der Waals surface area contributed by atoms with Gasteiger partial charge in [0.1, 0.15) is 0 Å². The number of ether oxygens (including phenoxy) is 2. The van der Waals surface area contributed by atoms with Gasteiger partial charge in [-0.3, -0.25) is 10.2 Å². The number of nitrogens with one attached hydrogen (secondary N) is 2. The number of hydroxylamine groups is 1. The second-order valence-corrected chi connectivity index (χ2v) is 4.63. The zero-order valence-corrected chi connectivity index (χ0v) is 11.8. The molecule has 0 aliphatic heterocycles. The molecule has 0 radical (unpaired) electrons. The maximum Gasteiger partial charge on any atom is 0.405 e. The summed E-state index contributed by atoms with van der Waals surface area (Å²) in [4.78, 5) is 26.6. The summed E-state index contributed by atoms with van der Waals surface area (Å²) in [5.74, 6) is -0.641. The van der Waals surface area contributed by atoms with Crippen LogP contribution in [-0.2, 0) is 19.1 Å². The molecule has 20 heavy (non-hydrogen) atoms. The molecular weight excluding hydrogens is 286 g/mol. The minimum absolute atomic E-state index is 0.0852. The highest BCUT2D eigenvalue weighted by molar-refractivity contribution is 7.10. The fourth-order valence-corrected chi connectivity index (χ4v) is 2.21. The smallest absolute Gasteiger partial charge is 0.405 e. The topological polar surface area (TPSA) is 124 Å². The number of methoxy groups -OCH3 is 1. The van der Waals surface area contributed by atoms with Crippen molar-refractivity contribution in [2.24, 2.45) is 5.73 Å². The van der Waals surface area contributed by atoms with Crippen LogP contribution in [0.3, 0.4) is 0 Å². The number of thiophene rings is 1. The number of rotatable bonds is 5. The van der Waals surface area contributed by atoms with Gasteiger partial charge in [0.15, 0.2) is 11.9 Å². The summed E-state index contributed by atoms with van der Waals surface area (Å²) in [6.45, 7) is 1.36. The van der Waals surface area contributed by atoms with E-state index < -0.39 is 18.2 Å². The molecule has 0 saturated heterocycles. The first-order valence-electron chi connectivity index (χ1n) is 5.49. The largest absolute Gasteiger partial charge is 0.438 e. The maximum absolute atomic E-state index is 10.8. The molecule has 0 saturated carbocycles. The summed E-state index contributed by atoms with van der Waals surface area (Å²) in [6, 6.07) is 1.62. The van der Waals surface area contributed by atoms with Gasteiger partial charge in [0.2, 0.25) is 0 Å². The molecule has 9 heteroatoms. The summed E-state index contributed by atoms with van der Waals surface area (Å²) < 4.78 is 9.86. The van der Waals surface area contributed by atoms with Gasteiger partial charge in [0, 0.05) is 29.9 Å². The molecule has 1 aromatic heterocycles. The summed E-state index contributed by atoms with van der Waals surface area (Å²) in [6.07, 6.45) is -1.55. The van der Waals surface area contributed by atoms with E-state index in [1.807, 2.05) is 0 Å². The first-order chi connectivity index (χ1) is 9.43. The Morgan fingerprint density at radius 1 is 1.55 bits per heavy atom. The first-order valence-corrected chi connectivity index (χ1v) is 6.37. The highest BCUT2D eigenvalue weighted by Gasteiger charge is 2.18. The monoisotopic (exact) mass is 301 g/mol. The van der Waals surface area contributed by atoms with Crippen molar-refractivity contribution in [3.63, 3.8) is 0 Å². The number of amidine groups is 1. The van der Waals surface area contributed by atoms with E-state index in [2.05, 4.69) is 10.3 Å². The van der Waals surface area contributed by atoms with Crippen LogP contribution in [0.1, 0.15) is 23.5 Å². The SMILES string of the molecule is COC[C@@H](OC(N)=O)c1cc(C(=N)NOC(C)=O)cs1. The third-order valence-corrected chi connectivity index (χ3v) is 3.12. The normalized spacial score (nSPS) is 11.5. The van der Waals surface area contributed by atoms with Crippen molar-refractivity contribution in [1.82, 2.24) is 5.48 Å². The van der Waals surface area contributed by atoms with Crippen molar-refractivity contribution >= 4 is 29.2 Å². The van der Waals surface area contributed by atoms with Gasteiger partial charge in [0.05, 0.1) is 6.61 Å². The number of primary amides is 1. The molecule has 0 spiro atoms. The van der Waals surface area contributed by atoms with E-state index in [-0.39, 0.29) is 12.4 Å². The fraction of sp³-hybridized carbons (Fsp3) is 0.364. The Kier molecular flexibility index (Phi) is 5.94. The van der Waals surface area contributed by atoms with Crippen LogP contribution in [0, 0.1) is 5.41 Å². The number of carbonyl (C=O) groups is 2. The van der Waals surface area contributed by atoms with Gasteiger partial charge in [0.25, 0.3) is 0 Å². The quantitative estimate of drug-likeness (QED) is 0.422. The number of carbonyl (C=O) groups excluding carboxylic acids is 2. The number of nitrogens with two attached hydrogens (primary N) is 1. The first kappa shape index (κ1) is 15.9. The molecule has 0 aromatic carbocycles. The molecule has 0 fully saturated rings. The molecule has 0 aliphatic rings. The number of amides is 1. The highest BCUT2D eigenvalue weighted by Crippen LogP contribution is 2.25. The molecule has 0 bridgehead atoms. The van der Waals surface area contributed by atoms with Gasteiger partial charge in [-0.15, -0.1) is 11.3 Å². The Hall–Kier alpha value is -2.13. The third kappa shape index (κ3) is 4.86. The van der Waals surface area contributed by atoms with Gasteiger partial charge in [-0.25, -0.2) is 10.3 Å². The van der Waals surface area contributed by atoms with Crippen LogP contribution in [0.25, 0.3) is 0 Å². The van der Waals surface area contributed by atoms with E-state index in [9.17, 15) is 9.59 Å². The van der Waals surface area contributed by atoms with Crippen LogP contribution in [0.5, 0.6) is 0 Å². The minimum Gasteiger partial charge on any atom is -0.438 e. The lowest BCUT2D eigenvalue weighted by Gasteiger charge is -2.13. The van der Waals surface area contributed by atoms with Crippen molar-refractivity contribution in [2.75, 3.05) is 13.7 Å². The van der Waals surface area contributed by atoms with Crippen LogP contribution in [0.2, 0.25) is 0 Å². The van der Waals surface area contributed by atoms with Crippen LogP contribution in [0.15, 0.2) is 11.4 Å². The van der Waals surface area contributed by atoms with Crippen molar-refractivity contribution in [2.45, 2.75) is 13.0 Å². The van der Waals surface area contributed by atoms with E-state index in [4.69, 9.17) is 20.6 Å². The van der Waals surface area contributed by atoms with Crippen molar-refractivity contribution in [3.8, 4) is 0 Å². The summed E-state index contributed by atoms with van der Waals surface area (Å²) in [5.41, 5.74) is 7.67. The molecule has 0 aliphatic carbocycles. The fourth-order valence-electron chi connectivity index (χ4n) is 1.30. The second kappa shape index (κ2) is 7.46. The maximum atomic E-state index is 10.8. The van der Waals surface area contributed by atoms with Gasteiger partial charge >= 0.3 is 12.1 Å². The Morgan fingerprint density at radius 2 is 2.25 bits per heavy atom. The van der Waals surface area contributed by atoms with Crippen LogP contribution in [-0.4, -0.2) is 31.6 Å². The minimum atomic E-state index is -0.907. The molecule has 1 heterocycles. The van der Waals surface area contributed by atoms with Gasteiger partial charge < -0.3 is 20.0 Å². The summed E-state index contributed by atoms with van der Waals surface area (Å²) >= 11 is 1.27. The summed E-state index contributed by atoms with van der Waals surface area (Å²) in [5, 5.41) is 9.33. The molecule has 1 rings (SSSR count). The van der Waals surface area contributed by atoms with E-state index in [1.54, 1.807) is 11.4 Å². The lowest BCUT2D eigenvalue weighted by Crippen LogP contribution is -2.25. The lowest BCUT2D eigenvalue weighted by atomic mass is 10.2. The van der Waals surface area contributed by atoms with Gasteiger partial charge in [-0.05, 0) is 6.07 Å². The molecule has 4 N–H and O–H groups in total. The zero-order valence-electron chi connectivity index (χ0n) is 11.0. The molecule has 0 unspecified atom stereocenters. The Labute approximate surface area is 119 Å². The van der Waals surface area contributed by atoms with E-state index in [1.165, 1.54) is 25.4 Å². The summed E-state index contributed by atoms with van der Waals surface area (Å²) in [7, 11) is 1.47. The number of hydrogen-bond donors (Lipinski definition) is 3. The van der Waals surface area contributed by atoms with Crippen LogP contribution in [0.4, 0.5) is 4.79 Å². The Morgan fingerprint density at radius 3 is 2.80 bits per heavy atom. The van der Waals surface area contributed by atoms with Crippen molar-refractivity contribution < 1.29 is 23.9 Å². The van der Waals surface area contributed by atoms with Crippen molar-refractivity contribution in [1.29, 1.82) is 5.41 Å². The predicted octanol–water partition coefficient (Wildman–Crippen LogP) is 0.924. The van der Waals surface area contributed by atoms with Crippen molar-refractivity contribution in [3.05, 3.63) is 21.9 Å². The van der Waals surface area contributed by atoms with E-state index >= 15 is 0 Å². The molecule has 1 atom stereocenters. The molecular formula is C11H15N3O5S. The molecule has 1 amide bonds. The van der Waals surface area contributed by atoms with Crippen LogP contribution < -0.4 is 11.2 Å². The third-order valence-electron chi connectivity index (χ3n) is 2.10. The standard InChI is InChI=1S/C11H15N3O5S/c1-6(15)19-14-10(12)7-3-9(20-5-7)8(4-17-2)18-11(13)16/h3,5,8H,4H2,1-2H3,(H2,12,14)(H2,13,16)/t8-/m1/s1. The molecule has 1 aromatic rings. The lowest BCUT2D eigenvalue weighted by molar-refractivity contribution is -0.145. The Balaban J connectivity index is 2.75. The molecule has 8 nitrogen and oxygen atoms in total. The molecule has 110 valence electrons. The zero-order chi connectivity index (χ0) is 15.1. The Bertz CT molecular complexity index is 502. The second-order valence-electron chi connectivity index (χ2n) is 3.69. The van der Waals surface area contributed by atoms with E-state index in [0.717, 1.165) is 0 Å². The average Bonchev–Trinajstić information content (AvgIpc) is 2.84. The number of hydrogen-bond acceptors (Lipinski definition) is 7. The van der Waals surface area contributed by atoms with E-state index in [0.29, 0.717) is 10.4 Å². The average molecular weight is 301 g/mol. The van der Waals surface area contributed by atoms with Crippen LogP contribution >= 0.6 is 11.3 Å². The predicted molar refractivity (Wildman–Crippen MR) is 71.3 cm³/mol.